The van der Waals surface area contributed by atoms with Crippen LogP contribution in [0.2, 0.25) is 5.02 Å². The van der Waals surface area contributed by atoms with E-state index in [9.17, 15) is 14.0 Å². The number of carbonyl (C=O) groups excluding carboxylic acids is 2. The van der Waals surface area contributed by atoms with Crippen molar-refractivity contribution in [3.8, 4) is 0 Å². The summed E-state index contributed by atoms with van der Waals surface area (Å²) in [4.78, 5) is 32.9. The lowest BCUT2D eigenvalue weighted by atomic mass is 10.1. The monoisotopic (exact) mass is 464 g/mol. The van der Waals surface area contributed by atoms with Gasteiger partial charge in [0.1, 0.15) is 11.6 Å². The van der Waals surface area contributed by atoms with Gasteiger partial charge in [0.25, 0.3) is 5.91 Å². The predicted octanol–water partition coefficient (Wildman–Crippen LogP) is 3.25. The summed E-state index contributed by atoms with van der Waals surface area (Å²) in [6, 6.07) is 8.02. The first kappa shape index (κ1) is 23.3. The largest absolute Gasteiger partial charge is 0.353 e. The second-order valence-corrected chi connectivity index (χ2v) is 8.90. The van der Waals surface area contributed by atoms with Gasteiger partial charge in [-0.2, -0.15) is 11.8 Å². The van der Waals surface area contributed by atoms with Crippen molar-refractivity contribution in [1.82, 2.24) is 15.2 Å². The number of piperazine rings is 1. The van der Waals surface area contributed by atoms with Gasteiger partial charge in [0.2, 0.25) is 5.91 Å². The van der Waals surface area contributed by atoms with Gasteiger partial charge in [-0.05, 0) is 30.0 Å². The average Bonchev–Trinajstić information content (AvgIpc) is 2.79. The summed E-state index contributed by atoms with van der Waals surface area (Å²) in [7, 11) is 0. The third-order valence-electron chi connectivity index (χ3n) is 5.09. The molecule has 2 heterocycles. The van der Waals surface area contributed by atoms with Gasteiger partial charge in [-0.25, -0.2) is 9.37 Å². The standard InChI is InChI=1S/C22H26ClFN4O2S/c1-2-31-13-8-25-22(30)16-6-7-20(26-15-16)27-9-11-28(12-10-27)21(29)14-17-18(23)4-3-5-19(17)24/h3-7,15H,2,8-14H2,1H3,(H,25,30). The van der Waals surface area contributed by atoms with E-state index in [0.29, 0.717) is 38.3 Å². The number of anilines is 1. The molecular formula is C22H26ClFN4O2S. The number of rotatable bonds is 8. The third-order valence-corrected chi connectivity index (χ3v) is 6.35. The van der Waals surface area contributed by atoms with Gasteiger partial charge in [0, 0.05) is 55.3 Å². The second-order valence-electron chi connectivity index (χ2n) is 7.10. The van der Waals surface area contributed by atoms with Crippen LogP contribution in [-0.2, 0) is 11.2 Å². The number of carbonyl (C=O) groups is 2. The maximum Gasteiger partial charge on any atom is 0.252 e. The number of pyridine rings is 1. The molecule has 3 rings (SSSR count). The van der Waals surface area contributed by atoms with Crippen molar-refractivity contribution in [2.75, 3.05) is 49.1 Å². The molecule has 1 aliphatic heterocycles. The Morgan fingerprint density at radius 2 is 1.97 bits per heavy atom. The van der Waals surface area contributed by atoms with Crippen molar-refractivity contribution in [3.63, 3.8) is 0 Å². The summed E-state index contributed by atoms with van der Waals surface area (Å²) in [5.41, 5.74) is 0.765. The Morgan fingerprint density at radius 1 is 1.19 bits per heavy atom. The molecule has 0 bridgehead atoms. The first-order valence-electron chi connectivity index (χ1n) is 10.3. The molecule has 0 spiro atoms. The molecule has 9 heteroatoms. The minimum absolute atomic E-state index is 0.0513. The van der Waals surface area contributed by atoms with Crippen LogP contribution in [0.15, 0.2) is 36.5 Å². The molecule has 0 aliphatic carbocycles. The first-order valence-corrected chi connectivity index (χ1v) is 11.8. The molecule has 31 heavy (non-hydrogen) atoms. The van der Waals surface area contributed by atoms with Gasteiger partial charge < -0.3 is 15.1 Å². The molecule has 1 saturated heterocycles. The highest BCUT2D eigenvalue weighted by atomic mass is 35.5. The van der Waals surface area contributed by atoms with E-state index in [-0.39, 0.29) is 28.8 Å². The molecular weight excluding hydrogens is 439 g/mol. The number of amides is 2. The van der Waals surface area contributed by atoms with E-state index in [1.165, 1.54) is 12.1 Å². The molecule has 1 aromatic carbocycles. The Kier molecular flexibility index (Phi) is 8.54. The molecule has 1 aromatic heterocycles. The zero-order valence-electron chi connectivity index (χ0n) is 17.4. The summed E-state index contributed by atoms with van der Waals surface area (Å²) < 4.78 is 14.0. The Hall–Kier alpha value is -2.32. The topological polar surface area (TPSA) is 65.5 Å². The number of aromatic nitrogens is 1. The fourth-order valence-corrected chi connectivity index (χ4v) is 4.10. The normalized spacial score (nSPS) is 13.9. The van der Waals surface area contributed by atoms with Crippen LogP contribution in [0.4, 0.5) is 10.2 Å². The van der Waals surface area contributed by atoms with Gasteiger partial charge in [-0.1, -0.05) is 24.6 Å². The number of thioether (sulfide) groups is 1. The minimum atomic E-state index is -0.461. The highest BCUT2D eigenvalue weighted by Crippen LogP contribution is 2.21. The van der Waals surface area contributed by atoms with Crippen LogP contribution in [0.25, 0.3) is 0 Å². The first-order chi connectivity index (χ1) is 15.0. The molecule has 166 valence electrons. The number of hydrogen-bond donors (Lipinski definition) is 1. The molecule has 2 amide bonds. The molecule has 1 aliphatic rings. The predicted molar refractivity (Wildman–Crippen MR) is 123 cm³/mol. The molecule has 0 radical (unpaired) electrons. The average molecular weight is 465 g/mol. The fraction of sp³-hybridized carbons (Fsp3) is 0.409. The maximum absolute atomic E-state index is 14.0. The van der Waals surface area contributed by atoms with Crippen molar-refractivity contribution < 1.29 is 14.0 Å². The molecule has 6 nitrogen and oxygen atoms in total. The molecule has 1 fully saturated rings. The van der Waals surface area contributed by atoms with Crippen LogP contribution >= 0.6 is 23.4 Å². The number of nitrogens with one attached hydrogen (secondary N) is 1. The smallest absolute Gasteiger partial charge is 0.252 e. The summed E-state index contributed by atoms with van der Waals surface area (Å²) in [6.07, 6.45) is 1.53. The summed E-state index contributed by atoms with van der Waals surface area (Å²) in [5, 5.41) is 3.15. The lowest BCUT2D eigenvalue weighted by molar-refractivity contribution is -0.130. The quantitative estimate of drug-likeness (QED) is 0.607. The number of nitrogens with zero attached hydrogens (tertiary/aromatic N) is 3. The van der Waals surface area contributed by atoms with E-state index >= 15 is 0 Å². The van der Waals surface area contributed by atoms with Crippen LogP contribution in [0.3, 0.4) is 0 Å². The lowest BCUT2D eigenvalue weighted by Gasteiger charge is -2.35. The zero-order valence-corrected chi connectivity index (χ0v) is 19.0. The van der Waals surface area contributed by atoms with Gasteiger partial charge in [0.05, 0.1) is 12.0 Å². The van der Waals surface area contributed by atoms with E-state index in [1.807, 2.05) is 6.07 Å². The summed E-state index contributed by atoms with van der Waals surface area (Å²) in [5.74, 6) is 1.95. The van der Waals surface area contributed by atoms with Crippen LogP contribution < -0.4 is 10.2 Å². The van der Waals surface area contributed by atoms with E-state index < -0.39 is 5.82 Å². The SMILES string of the molecule is CCSCCNC(=O)c1ccc(N2CCN(C(=O)Cc3c(F)cccc3Cl)CC2)nc1. The van der Waals surface area contributed by atoms with Crippen molar-refractivity contribution in [2.24, 2.45) is 0 Å². The Bertz CT molecular complexity index is 885. The number of halogens is 2. The van der Waals surface area contributed by atoms with Gasteiger partial charge >= 0.3 is 0 Å². The molecule has 0 saturated carbocycles. The van der Waals surface area contributed by atoms with Crippen LogP contribution in [-0.4, -0.2) is 65.9 Å². The van der Waals surface area contributed by atoms with E-state index in [1.54, 1.807) is 35.0 Å². The highest BCUT2D eigenvalue weighted by Gasteiger charge is 2.23. The number of benzene rings is 1. The van der Waals surface area contributed by atoms with Gasteiger partial charge in [0.15, 0.2) is 0 Å². The minimum Gasteiger partial charge on any atom is -0.353 e. The van der Waals surface area contributed by atoms with Crippen LogP contribution in [0, 0.1) is 5.82 Å². The molecule has 1 N–H and O–H groups in total. The molecule has 0 unspecified atom stereocenters. The van der Waals surface area contributed by atoms with E-state index in [0.717, 1.165) is 17.3 Å². The van der Waals surface area contributed by atoms with Gasteiger partial charge in [-0.3, -0.25) is 9.59 Å². The zero-order chi connectivity index (χ0) is 22.2. The molecule has 0 atom stereocenters. The summed E-state index contributed by atoms with van der Waals surface area (Å²) >= 11 is 7.82. The van der Waals surface area contributed by atoms with Crippen LogP contribution in [0.1, 0.15) is 22.8 Å². The Labute approximate surface area is 191 Å². The number of hydrogen-bond acceptors (Lipinski definition) is 5. The van der Waals surface area contributed by atoms with Crippen molar-refractivity contribution in [3.05, 3.63) is 58.5 Å². The van der Waals surface area contributed by atoms with Gasteiger partial charge in [-0.15, -0.1) is 0 Å². The third kappa shape index (κ3) is 6.33. The van der Waals surface area contributed by atoms with Crippen molar-refractivity contribution in [2.45, 2.75) is 13.3 Å². The van der Waals surface area contributed by atoms with Crippen LogP contribution in [0.5, 0.6) is 0 Å². The van der Waals surface area contributed by atoms with E-state index in [2.05, 4.69) is 22.1 Å². The second kappa shape index (κ2) is 11.3. The Balaban J connectivity index is 1.50. The highest BCUT2D eigenvalue weighted by molar-refractivity contribution is 7.99. The summed E-state index contributed by atoms with van der Waals surface area (Å²) in [6.45, 7) is 4.98. The lowest BCUT2D eigenvalue weighted by Crippen LogP contribution is -2.49. The molecule has 2 aromatic rings. The fourth-order valence-electron chi connectivity index (χ4n) is 3.34. The van der Waals surface area contributed by atoms with Crippen molar-refractivity contribution in [1.29, 1.82) is 0 Å². The van der Waals surface area contributed by atoms with Crippen molar-refractivity contribution >= 4 is 41.0 Å². The van der Waals surface area contributed by atoms with E-state index in [4.69, 9.17) is 11.6 Å². The Morgan fingerprint density at radius 3 is 2.61 bits per heavy atom. The maximum atomic E-state index is 14.0.